The summed E-state index contributed by atoms with van der Waals surface area (Å²) in [4.78, 5) is 4.51. The van der Waals surface area contributed by atoms with Crippen molar-refractivity contribution in [1.82, 2.24) is 19.9 Å². The summed E-state index contributed by atoms with van der Waals surface area (Å²) >= 11 is 0. The van der Waals surface area contributed by atoms with Crippen LogP contribution in [0.2, 0.25) is 0 Å². The number of hydrogen-bond acceptors (Lipinski definition) is 5. The van der Waals surface area contributed by atoms with Crippen LogP contribution in [0.1, 0.15) is 57.4 Å². The van der Waals surface area contributed by atoms with Gasteiger partial charge in [-0.3, -0.25) is 0 Å². The molecule has 3 heterocycles. The molecular formula is C20H22F2N4O2. The minimum Gasteiger partial charge on any atom is -0.369 e. The van der Waals surface area contributed by atoms with Crippen LogP contribution in [0.4, 0.5) is 8.78 Å². The largest absolute Gasteiger partial charge is 0.369 e. The third kappa shape index (κ3) is 3.44. The van der Waals surface area contributed by atoms with Crippen molar-refractivity contribution < 1.29 is 18.0 Å². The van der Waals surface area contributed by atoms with Gasteiger partial charge >= 0.3 is 0 Å². The summed E-state index contributed by atoms with van der Waals surface area (Å²) in [5.41, 5.74) is -0.297. The van der Waals surface area contributed by atoms with E-state index in [1.807, 2.05) is 27.7 Å². The van der Waals surface area contributed by atoms with E-state index in [1.165, 1.54) is 29.1 Å². The molecule has 0 bridgehead atoms. The Morgan fingerprint density at radius 3 is 2.50 bits per heavy atom. The van der Waals surface area contributed by atoms with Crippen molar-refractivity contribution in [3.8, 4) is 5.69 Å². The van der Waals surface area contributed by atoms with Crippen molar-refractivity contribution in [2.75, 3.05) is 0 Å². The minimum atomic E-state index is -0.678. The Bertz CT molecular complexity index is 989. The molecule has 4 rings (SSSR count). The van der Waals surface area contributed by atoms with Gasteiger partial charge in [0.2, 0.25) is 5.89 Å². The fraction of sp³-hybridized carbons (Fsp3) is 0.450. The van der Waals surface area contributed by atoms with Crippen molar-refractivity contribution in [2.24, 2.45) is 0 Å². The lowest BCUT2D eigenvalue weighted by Crippen LogP contribution is -2.28. The van der Waals surface area contributed by atoms with Crippen molar-refractivity contribution in [2.45, 2.75) is 57.7 Å². The monoisotopic (exact) mass is 388 g/mol. The second-order valence-corrected chi connectivity index (χ2v) is 8.27. The van der Waals surface area contributed by atoms with Crippen LogP contribution in [0, 0.1) is 11.6 Å². The van der Waals surface area contributed by atoms with Gasteiger partial charge in [0.05, 0.1) is 29.2 Å². The summed E-state index contributed by atoms with van der Waals surface area (Å²) in [5.74, 6) is -0.362. The van der Waals surface area contributed by atoms with Gasteiger partial charge in [-0.15, -0.1) is 0 Å². The highest BCUT2D eigenvalue weighted by molar-refractivity contribution is 5.34. The van der Waals surface area contributed by atoms with Gasteiger partial charge in [0.15, 0.2) is 17.5 Å². The Balaban J connectivity index is 1.54. The number of hydrogen-bond donors (Lipinski definition) is 0. The third-order valence-electron chi connectivity index (χ3n) is 5.01. The van der Waals surface area contributed by atoms with E-state index in [0.717, 1.165) is 6.42 Å². The summed E-state index contributed by atoms with van der Waals surface area (Å²) in [6.07, 6.45) is 2.58. The summed E-state index contributed by atoms with van der Waals surface area (Å²) in [7, 11) is 0. The molecule has 1 unspecified atom stereocenters. The number of ether oxygens (including phenoxy) is 1. The van der Waals surface area contributed by atoms with Crippen molar-refractivity contribution in [1.29, 1.82) is 0 Å². The molecule has 1 aliphatic heterocycles. The van der Waals surface area contributed by atoms with Gasteiger partial charge < -0.3 is 9.26 Å². The smallest absolute Gasteiger partial charge is 0.232 e. The second-order valence-electron chi connectivity index (χ2n) is 8.27. The SMILES string of the molecule is CC1(C)CC(c2nc(Cc3ccn(-c4c(F)cccc4F)n3)no2)C(C)(C)O1. The number of aromatic nitrogens is 4. The molecule has 0 amide bonds. The van der Waals surface area contributed by atoms with Crippen LogP contribution in [0.15, 0.2) is 35.0 Å². The predicted molar refractivity (Wildman–Crippen MR) is 97.2 cm³/mol. The molecule has 1 fully saturated rings. The molecule has 6 nitrogen and oxygen atoms in total. The Hall–Kier alpha value is -2.61. The first-order valence-electron chi connectivity index (χ1n) is 9.16. The first kappa shape index (κ1) is 18.7. The van der Waals surface area contributed by atoms with Crippen LogP contribution in [-0.4, -0.2) is 31.1 Å². The summed E-state index contributed by atoms with van der Waals surface area (Å²) in [5, 5.41) is 8.29. The van der Waals surface area contributed by atoms with Gasteiger partial charge in [0.1, 0.15) is 5.69 Å². The molecular weight excluding hydrogens is 366 g/mol. The molecule has 1 aliphatic rings. The predicted octanol–water partition coefficient (Wildman–Crippen LogP) is 4.19. The van der Waals surface area contributed by atoms with Gasteiger partial charge in [-0.1, -0.05) is 11.2 Å². The maximum absolute atomic E-state index is 13.9. The van der Waals surface area contributed by atoms with Crippen LogP contribution in [-0.2, 0) is 11.2 Å². The lowest BCUT2D eigenvalue weighted by molar-refractivity contribution is -0.0696. The van der Waals surface area contributed by atoms with E-state index >= 15 is 0 Å². The topological polar surface area (TPSA) is 66.0 Å². The average Bonchev–Trinajstić information content (AvgIpc) is 3.26. The quantitative estimate of drug-likeness (QED) is 0.671. The summed E-state index contributed by atoms with van der Waals surface area (Å²) in [6, 6.07) is 5.37. The van der Waals surface area contributed by atoms with Gasteiger partial charge in [0.25, 0.3) is 0 Å². The van der Waals surface area contributed by atoms with Gasteiger partial charge in [-0.2, -0.15) is 10.1 Å². The molecule has 0 aliphatic carbocycles. The third-order valence-corrected chi connectivity index (χ3v) is 5.01. The van der Waals surface area contributed by atoms with E-state index in [1.54, 1.807) is 6.07 Å². The van der Waals surface area contributed by atoms with Gasteiger partial charge in [-0.25, -0.2) is 13.5 Å². The summed E-state index contributed by atoms with van der Waals surface area (Å²) < 4.78 is 40.6. The Kier molecular flexibility index (Phi) is 4.33. The van der Waals surface area contributed by atoms with Crippen molar-refractivity contribution >= 4 is 0 Å². The number of benzene rings is 1. The average molecular weight is 388 g/mol. The Morgan fingerprint density at radius 1 is 1.14 bits per heavy atom. The fourth-order valence-electron chi connectivity index (χ4n) is 3.88. The molecule has 28 heavy (non-hydrogen) atoms. The van der Waals surface area contributed by atoms with Crippen LogP contribution < -0.4 is 0 Å². The van der Waals surface area contributed by atoms with E-state index in [0.29, 0.717) is 23.8 Å². The van der Waals surface area contributed by atoms with Crippen molar-refractivity contribution in [3.63, 3.8) is 0 Å². The zero-order chi connectivity index (χ0) is 20.1. The molecule has 1 aromatic carbocycles. The van der Waals surface area contributed by atoms with Crippen LogP contribution in [0.3, 0.4) is 0 Å². The van der Waals surface area contributed by atoms with Crippen LogP contribution >= 0.6 is 0 Å². The highest BCUT2D eigenvalue weighted by atomic mass is 19.1. The molecule has 1 saturated heterocycles. The molecule has 0 N–H and O–H groups in total. The molecule has 0 spiro atoms. The normalized spacial score (nSPS) is 20.6. The standard InChI is InChI=1S/C20H22F2N4O2/c1-19(2)11-13(20(3,4)28-19)18-23-16(25-27-18)10-12-8-9-26(24-12)17-14(21)6-5-7-15(17)22/h5-9,13H,10-11H2,1-4H3. The van der Waals surface area contributed by atoms with E-state index in [2.05, 4.69) is 15.2 Å². The van der Waals surface area contributed by atoms with Gasteiger partial charge in [-0.05, 0) is 52.3 Å². The number of halogens is 2. The van der Waals surface area contributed by atoms with E-state index in [-0.39, 0.29) is 17.2 Å². The lowest BCUT2D eigenvalue weighted by atomic mass is 9.87. The maximum atomic E-state index is 13.9. The second kappa shape index (κ2) is 6.48. The zero-order valence-electron chi connectivity index (χ0n) is 16.2. The maximum Gasteiger partial charge on any atom is 0.232 e. The molecule has 148 valence electrons. The van der Waals surface area contributed by atoms with Crippen LogP contribution in [0.25, 0.3) is 5.69 Å². The molecule has 0 radical (unpaired) electrons. The van der Waals surface area contributed by atoms with E-state index in [9.17, 15) is 8.78 Å². The first-order chi connectivity index (χ1) is 13.1. The molecule has 2 aromatic heterocycles. The van der Waals surface area contributed by atoms with Crippen molar-refractivity contribution in [3.05, 3.63) is 59.5 Å². The Morgan fingerprint density at radius 2 is 1.86 bits per heavy atom. The number of rotatable bonds is 4. The van der Waals surface area contributed by atoms with Gasteiger partial charge in [0, 0.05) is 6.20 Å². The molecule has 0 saturated carbocycles. The van der Waals surface area contributed by atoms with Crippen LogP contribution in [0.5, 0.6) is 0 Å². The number of nitrogens with zero attached hydrogens (tertiary/aromatic N) is 4. The fourth-order valence-corrected chi connectivity index (χ4v) is 3.88. The van der Waals surface area contributed by atoms with E-state index < -0.39 is 17.2 Å². The highest BCUT2D eigenvalue weighted by Gasteiger charge is 2.49. The lowest BCUT2D eigenvalue weighted by Gasteiger charge is -2.25. The van der Waals surface area contributed by atoms with E-state index in [4.69, 9.17) is 9.26 Å². The molecule has 8 heteroatoms. The molecule has 1 atom stereocenters. The zero-order valence-corrected chi connectivity index (χ0v) is 16.2. The summed E-state index contributed by atoms with van der Waals surface area (Å²) in [6.45, 7) is 8.11. The minimum absolute atomic E-state index is 0.00572. The highest BCUT2D eigenvalue weighted by Crippen LogP contribution is 2.47. The Labute approximate surface area is 161 Å². The molecule has 3 aromatic rings. The number of para-hydroxylation sites is 1. The first-order valence-corrected chi connectivity index (χ1v) is 9.16.